The number of thioether (sulfide) groups is 1. The zero-order valence-electron chi connectivity index (χ0n) is 10.3. The minimum atomic E-state index is -0.00920. The van der Waals surface area contributed by atoms with Crippen molar-refractivity contribution in [3.05, 3.63) is 23.3 Å². The molecule has 2 rings (SSSR count). The van der Waals surface area contributed by atoms with Crippen LogP contribution in [0, 0.1) is 13.8 Å². The zero-order valence-corrected chi connectivity index (χ0v) is 11.9. The highest BCUT2D eigenvalue weighted by molar-refractivity contribution is 8.00. The molecule has 0 N–H and O–H groups in total. The second kappa shape index (κ2) is 4.91. The molecular weight excluding hydrogens is 254 g/mol. The highest BCUT2D eigenvalue weighted by atomic mass is 35.5. The van der Waals surface area contributed by atoms with Gasteiger partial charge in [0.05, 0.1) is 5.69 Å². The van der Waals surface area contributed by atoms with Crippen molar-refractivity contribution in [3.8, 4) is 0 Å². The van der Waals surface area contributed by atoms with Crippen molar-refractivity contribution < 1.29 is 4.79 Å². The maximum atomic E-state index is 11.9. The van der Waals surface area contributed by atoms with E-state index in [-0.39, 0.29) is 11.8 Å². The number of carbonyl (C=O) groups excluding carboxylic acids is 1. The Balaban J connectivity index is 2.52. The molecule has 17 heavy (non-hydrogen) atoms. The lowest BCUT2D eigenvalue weighted by Gasteiger charge is -2.33. The fourth-order valence-electron chi connectivity index (χ4n) is 2.19. The van der Waals surface area contributed by atoms with Crippen LogP contribution in [-0.4, -0.2) is 23.6 Å². The van der Waals surface area contributed by atoms with Crippen LogP contribution in [0.25, 0.3) is 0 Å². The summed E-state index contributed by atoms with van der Waals surface area (Å²) in [5.41, 5.74) is 3.45. The number of fused-ring (bicyclic) bond motifs is 1. The summed E-state index contributed by atoms with van der Waals surface area (Å²) < 4.78 is 0. The summed E-state index contributed by atoms with van der Waals surface area (Å²) in [4.78, 5) is 14.9. The van der Waals surface area contributed by atoms with Gasteiger partial charge in [0.15, 0.2) is 0 Å². The summed E-state index contributed by atoms with van der Waals surface area (Å²) in [6.07, 6.45) is 0. The molecular formula is C13H16ClNOS. The summed E-state index contributed by atoms with van der Waals surface area (Å²) in [5, 5.41) is 0.413. The van der Waals surface area contributed by atoms with Crippen LogP contribution in [0.3, 0.4) is 0 Å². The van der Waals surface area contributed by atoms with Crippen LogP contribution in [0.2, 0.25) is 0 Å². The van der Waals surface area contributed by atoms with Crippen molar-refractivity contribution in [3.63, 3.8) is 0 Å². The van der Waals surface area contributed by atoms with Gasteiger partial charge in [0.25, 0.3) is 0 Å². The number of halogens is 1. The Morgan fingerprint density at radius 2 is 2.24 bits per heavy atom. The summed E-state index contributed by atoms with van der Waals surface area (Å²) in [7, 11) is 0. The highest BCUT2D eigenvalue weighted by Crippen LogP contribution is 2.41. The average molecular weight is 270 g/mol. The van der Waals surface area contributed by atoms with Crippen molar-refractivity contribution in [2.45, 2.75) is 30.9 Å². The van der Waals surface area contributed by atoms with Crippen molar-refractivity contribution in [2.75, 3.05) is 17.3 Å². The van der Waals surface area contributed by atoms with E-state index in [0.29, 0.717) is 5.25 Å². The molecule has 4 heteroatoms. The van der Waals surface area contributed by atoms with E-state index in [9.17, 15) is 4.79 Å². The standard InChI is InChI=1S/C13H16ClNOS/c1-8-4-9(2)13-11(5-8)15(12(16)6-14)7-10(3)17-13/h4-5,10H,6-7H2,1-3H3. The number of nitrogens with zero attached hydrogens (tertiary/aromatic N) is 1. The Kier molecular flexibility index (Phi) is 3.69. The first-order valence-electron chi connectivity index (χ1n) is 5.67. The van der Waals surface area contributed by atoms with Gasteiger partial charge in [0.2, 0.25) is 5.91 Å². The molecule has 0 bridgehead atoms. The molecule has 92 valence electrons. The van der Waals surface area contributed by atoms with E-state index in [1.54, 1.807) is 0 Å². The van der Waals surface area contributed by atoms with Gasteiger partial charge in [0.1, 0.15) is 5.88 Å². The molecule has 0 aliphatic carbocycles. The summed E-state index contributed by atoms with van der Waals surface area (Å²) in [5.74, 6) is 0.0363. The van der Waals surface area contributed by atoms with Crippen molar-refractivity contribution in [1.29, 1.82) is 0 Å². The monoisotopic (exact) mass is 269 g/mol. The number of carbonyl (C=O) groups is 1. The van der Waals surface area contributed by atoms with E-state index in [2.05, 4.69) is 32.9 Å². The number of alkyl halides is 1. The quantitative estimate of drug-likeness (QED) is 0.729. The number of anilines is 1. The number of benzene rings is 1. The van der Waals surface area contributed by atoms with Crippen LogP contribution in [0.4, 0.5) is 5.69 Å². The van der Waals surface area contributed by atoms with Crippen molar-refractivity contribution >= 4 is 35.0 Å². The lowest BCUT2D eigenvalue weighted by molar-refractivity contribution is -0.116. The first-order chi connectivity index (χ1) is 8.02. The van der Waals surface area contributed by atoms with Crippen LogP contribution >= 0.6 is 23.4 Å². The third-order valence-electron chi connectivity index (χ3n) is 2.86. The summed E-state index contributed by atoms with van der Waals surface area (Å²) in [6, 6.07) is 4.24. The van der Waals surface area contributed by atoms with Gasteiger partial charge >= 0.3 is 0 Å². The Bertz CT molecular complexity index is 461. The molecule has 1 heterocycles. The molecule has 2 nitrogen and oxygen atoms in total. The van der Waals surface area contributed by atoms with Gasteiger partial charge in [-0.2, -0.15) is 0 Å². The Morgan fingerprint density at radius 3 is 2.88 bits per heavy atom. The van der Waals surface area contributed by atoms with Gasteiger partial charge in [-0.1, -0.05) is 13.0 Å². The van der Waals surface area contributed by atoms with Gasteiger partial charge in [-0.25, -0.2) is 0 Å². The van der Waals surface area contributed by atoms with Crippen LogP contribution in [0.15, 0.2) is 17.0 Å². The van der Waals surface area contributed by atoms with Crippen molar-refractivity contribution in [1.82, 2.24) is 0 Å². The van der Waals surface area contributed by atoms with E-state index >= 15 is 0 Å². The number of amides is 1. The van der Waals surface area contributed by atoms with Crippen LogP contribution in [0.1, 0.15) is 18.1 Å². The smallest absolute Gasteiger partial charge is 0.241 e. The van der Waals surface area contributed by atoms with Gasteiger partial charge < -0.3 is 4.90 Å². The number of hydrogen-bond acceptors (Lipinski definition) is 2. The predicted molar refractivity (Wildman–Crippen MR) is 74.3 cm³/mol. The molecule has 1 aliphatic rings. The predicted octanol–water partition coefficient (Wildman–Crippen LogP) is 3.37. The molecule has 1 aromatic carbocycles. The molecule has 0 radical (unpaired) electrons. The molecule has 1 amide bonds. The fraction of sp³-hybridized carbons (Fsp3) is 0.462. The van der Waals surface area contributed by atoms with Crippen LogP contribution < -0.4 is 4.90 Å². The minimum Gasteiger partial charge on any atom is -0.309 e. The van der Waals surface area contributed by atoms with Gasteiger partial charge in [-0.15, -0.1) is 23.4 Å². The minimum absolute atomic E-state index is 0.00920. The first kappa shape index (κ1) is 12.8. The second-order valence-corrected chi connectivity index (χ2v) is 6.21. The normalized spacial score (nSPS) is 19.1. The highest BCUT2D eigenvalue weighted by Gasteiger charge is 2.27. The SMILES string of the molecule is Cc1cc(C)c2c(c1)N(C(=O)CCl)CC(C)S2. The maximum Gasteiger partial charge on any atom is 0.241 e. The molecule has 0 fully saturated rings. The third-order valence-corrected chi connectivity index (χ3v) is 4.41. The van der Waals surface area contributed by atoms with Gasteiger partial charge in [-0.3, -0.25) is 4.79 Å². The average Bonchev–Trinajstić information content (AvgIpc) is 2.28. The number of aryl methyl sites for hydroxylation is 2. The van der Waals surface area contributed by atoms with Crippen LogP contribution in [0.5, 0.6) is 0 Å². The first-order valence-corrected chi connectivity index (χ1v) is 7.08. The zero-order chi connectivity index (χ0) is 12.6. The maximum absolute atomic E-state index is 11.9. The van der Waals surface area contributed by atoms with E-state index in [1.807, 2.05) is 16.7 Å². The molecule has 0 aromatic heterocycles. The molecule has 1 aliphatic heterocycles. The molecule has 1 unspecified atom stereocenters. The summed E-state index contributed by atoms with van der Waals surface area (Å²) in [6.45, 7) is 7.03. The van der Waals surface area contributed by atoms with Crippen LogP contribution in [-0.2, 0) is 4.79 Å². The molecule has 1 atom stereocenters. The largest absolute Gasteiger partial charge is 0.309 e. The van der Waals surface area contributed by atoms with Gasteiger partial charge in [0, 0.05) is 16.7 Å². The second-order valence-electron chi connectivity index (χ2n) is 4.50. The Labute approximate surface area is 111 Å². The molecule has 0 saturated carbocycles. The Hall–Kier alpha value is -0.670. The topological polar surface area (TPSA) is 20.3 Å². The van der Waals surface area contributed by atoms with E-state index in [1.165, 1.54) is 16.0 Å². The van der Waals surface area contributed by atoms with E-state index in [0.717, 1.165) is 12.2 Å². The van der Waals surface area contributed by atoms with Gasteiger partial charge in [-0.05, 0) is 31.0 Å². The lowest BCUT2D eigenvalue weighted by atomic mass is 10.1. The number of hydrogen-bond donors (Lipinski definition) is 0. The fourth-order valence-corrected chi connectivity index (χ4v) is 3.49. The van der Waals surface area contributed by atoms with E-state index < -0.39 is 0 Å². The lowest BCUT2D eigenvalue weighted by Crippen LogP contribution is -2.39. The number of rotatable bonds is 1. The third kappa shape index (κ3) is 2.45. The molecule has 0 saturated heterocycles. The summed E-state index contributed by atoms with van der Waals surface area (Å²) >= 11 is 7.52. The molecule has 0 spiro atoms. The van der Waals surface area contributed by atoms with E-state index in [4.69, 9.17) is 11.6 Å². The Morgan fingerprint density at radius 1 is 1.53 bits per heavy atom. The van der Waals surface area contributed by atoms with Crippen molar-refractivity contribution in [2.24, 2.45) is 0 Å². The molecule has 1 aromatic rings.